The van der Waals surface area contributed by atoms with Crippen molar-refractivity contribution in [1.29, 1.82) is 5.26 Å². The molecule has 0 bridgehead atoms. The summed E-state index contributed by atoms with van der Waals surface area (Å²) in [6.07, 6.45) is 2.93. The van der Waals surface area contributed by atoms with Gasteiger partial charge in [-0.15, -0.1) is 0 Å². The summed E-state index contributed by atoms with van der Waals surface area (Å²) in [5, 5.41) is 11.8. The Hall–Kier alpha value is -2.13. The Morgan fingerprint density at radius 3 is 2.80 bits per heavy atom. The van der Waals surface area contributed by atoms with E-state index in [0.717, 1.165) is 10.2 Å². The van der Waals surface area contributed by atoms with Gasteiger partial charge in [-0.3, -0.25) is 0 Å². The van der Waals surface area contributed by atoms with Crippen LogP contribution in [0.3, 0.4) is 0 Å². The highest BCUT2D eigenvalue weighted by molar-refractivity contribution is 9.10. The number of ether oxygens (including phenoxy) is 1. The Morgan fingerprint density at radius 2 is 2.15 bits per heavy atom. The fourth-order valence-corrected chi connectivity index (χ4v) is 1.90. The number of hydrogen-bond donors (Lipinski definition) is 1. The summed E-state index contributed by atoms with van der Waals surface area (Å²) in [5.74, 6) is 1.42. The highest BCUT2D eigenvalue weighted by Gasteiger charge is 2.07. The molecule has 0 radical (unpaired) electrons. The van der Waals surface area contributed by atoms with Gasteiger partial charge in [0.15, 0.2) is 5.69 Å². The van der Waals surface area contributed by atoms with E-state index in [1.807, 2.05) is 37.3 Å². The maximum Gasteiger partial charge on any atom is 0.158 e. The Kier molecular flexibility index (Phi) is 4.91. The standard InChI is InChI=1S/C14H13BrN4O/c1-10(20-13-5-3-2-4-12(13)15)7-18-14-9-17-11(6-16)8-19-14/h2-5,8-10H,7H2,1H3,(H,18,19). The minimum absolute atomic E-state index is 0.0360. The number of para-hydroxylation sites is 1. The van der Waals surface area contributed by atoms with Crippen LogP contribution in [0.15, 0.2) is 41.1 Å². The van der Waals surface area contributed by atoms with E-state index in [0.29, 0.717) is 18.1 Å². The largest absolute Gasteiger partial charge is 0.488 e. The van der Waals surface area contributed by atoms with Crippen LogP contribution >= 0.6 is 15.9 Å². The van der Waals surface area contributed by atoms with E-state index in [4.69, 9.17) is 10.00 Å². The van der Waals surface area contributed by atoms with Gasteiger partial charge in [0, 0.05) is 0 Å². The van der Waals surface area contributed by atoms with Crippen LogP contribution in [0.1, 0.15) is 12.6 Å². The van der Waals surface area contributed by atoms with Gasteiger partial charge in [-0.1, -0.05) is 12.1 Å². The summed E-state index contributed by atoms with van der Waals surface area (Å²) >= 11 is 3.44. The molecule has 1 aromatic carbocycles. The van der Waals surface area contributed by atoms with E-state index < -0.39 is 0 Å². The number of nitrogens with one attached hydrogen (secondary N) is 1. The van der Waals surface area contributed by atoms with Crippen LogP contribution in [-0.4, -0.2) is 22.6 Å². The van der Waals surface area contributed by atoms with Crippen molar-refractivity contribution in [2.24, 2.45) is 0 Å². The zero-order chi connectivity index (χ0) is 14.4. The van der Waals surface area contributed by atoms with Gasteiger partial charge in [0.2, 0.25) is 0 Å². The molecule has 0 saturated heterocycles. The van der Waals surface area contributed by atoms with Crippen LogP contribution in [0.5, 0.6) is 5.75 Å². The Balaban J connectivity index is 1.87. The molecule has 0 aliphatic rings. The van der Waals surface area contributed by atoms with Gasteiger partial charge in [0.1, 0.15) is 23.7 Å². The molecule has 0 spiro atoms. The summed E-state index contributed by atoms with van der Waals surface area (Å²) in [6, 6.07) is 9.62. The summed E-state index contributed by atoms with van der Waals surface area (Å²) in [5.41, 5.74) is 0.299. The van der Waals surface area contributed by atoms with E-state index in [9.17, 15) is 0 Å². The molecule has 0 aliphatic carbocycles. The van der Waals surface area contributed by atoms with Gasteiger partial charge in [0.25, 0.3) is 0 Å². The van der Waals surface area contributed by atoms with Gasteiger partial charge in [-0.2, -0.15) is 5.26 Å². The third-order valence-corrected chi connectivity index (χ3v) is 3.16. The highest BCUT2D eigenvalue weighted by Crippen LogP contribution is 2.24. The van der Waals surface area contributed by atoms with Gasteiger partial charge in [0.05, 0.1) is 23.4 Å². The average Bonchev–Trinajstić information content (AvgIpc) is 2.48. The molecule has 0 aliphatic heterocycles. The van der Waals surface area contributed by atoms with Crippen molar-refractivity contribution >= 4 is 21.7 Å². The Labute approximate surface area is 125 Å². The molecule has 2 rings (SSSR count). The number of hydrogen-bond acceptors (Lipinski definition) is 5. The normalized spacial score (nSPS) is 11.4. The summed E-state index contributed by atoms with van der Waals surface area (Å²) in [7, 11) is 0. The maximum atomic E-state index is 8.64. The van der Waals surface area contributed by atoms with Crippen LogP contribution in [-0.2, 0) is 0 Å². The molecule has 1 aromatic heterocycles. The van der Waals surface area contributed by atoms with Crippen molar-refractivity contribution < 1.29 is 4.74 Å². The molecule has 1 unspecified atom stereocenters. The first-order valence-electron chi connectivity index (χ1n) is 6.06. The first kappa shape index (κ1) is 14.3. The van der Waals surface area contributed by atoms with Gasteiger partial charge in [-0.05, 0) is 35.0 Å². The van der Waals surface area contributed by atoms with Crippen molar-refractivity contribution in [3.05, 3.63) is 46.8 Å². The molecule has 0 saturated carbocycles. The maximum absolute atomic E-state index is 8.64. The predicted octanol–water partition coefficient (Wildman–Crippen LogP) is 2.99. The minimum Gasteiger partial charge on any atom is -0.488 e. The number of benzene rings is 1. The van der Waals surface area contributed by atoms with Gasteiger partial charge < -0.3 is 10.1 Å². The monoisotopic (exact) mass is 332 g/mol. The fourth-order valence-electron chi connectivity index (χ4n) is 1.52. The van der Waals surface area contributed by atoms with Crippen LogP contribution in [0, 0.1) is 11.3 Å². The second kappa shape index (κ2) is 6.87. The Morgan fingerprint density at radius 1 is 1.35 bits per heavy atom. The van der Waals surface area contributed by atoms with Crippen molar-refractivity contribution in [3.63, 3.8) is 0 Å². The van der Waals surface area contributed by atoms with Gasteiger partial charge >= 0.3 is 0 Å². The first-order valence-corrected chi connectivity index (χ1v) is 6.85. The quantitative estimate of drug-likeness (QED) is 0.911. The average molecular weight is 333 g/mol. The smallest absolute Gasteiger partial charge is 0.158 e. The lowest BCUT2D eigenvalue weighted by molar-refractivity contribution is 0.233. The first-order chi connectivity index (χ1) is 9.69. The summed E-state index contributed by atoms with van der Waals surface area (Å²) < 4.78 is 6.72. The Bertz CT molecular complexity index is 609. The van der Waals surface area contributed by atoms with E-state index in [1.54, 1.807) is 0 Å². The highest BCUT2D eigenvalue weighted by atomic mass is 79.9. The van der Waals surface area contributed by atoms with Crippen molar-refractivity contribution in [2.75, 3.05) is 11.9 Å². The fraction of sp³-hybridized carbons (Fsp3) is 0.214. The second-order valence-electron chi connectivity index (χ2n) is 4.14. The number of nitriles is 1. The number of nitrogens with zero attached hydrogens (tertiary/aromatic N) is 3. The van der Waals surface area contributed by atoms with Crippen molar-refractivity contribution in [1.82, 2.24) is 9.97 Å². The van der Waals surface area contributed by atoms with E-state index in [1.165, 1.54) is 12.4 Å². The lowest BCUT2D eigenvalue weighted by atomic mass is 10.3. The van der Waals surface area contributed by atoms with E-state index in [-0.39, 0.29) is 6.10 Å². The number of halogens is 1. The third kappa shape index (κ3) is 3.93. The topological polar surface area (TPSA) is 70.8 Å². The number of rotatable bonds is 5. The molecule has 6 heteroatoms. The van der Waals surface area contributed by atoms with Crippen molar-refractivity contribution in [2.45, 2.75) is 13.0 Å². The minimum atomic E-state index is -0.0360. The molecule has 5 nitrogen and oxygen atoms in total. The number of anilines is 1. The van der Waals surface area contributed by atoms with Gasteiger partial charge in [-0.25, -0.2) is 9.97 Å². The van der Waals surface area contributed by atoms with Crippen LogP contribution < -0.4 is 10.1 Å². The summed E-state index contributed by atoms with van der Waals surface area (Å²) in [6.45, 7) is 2.55. The van der Waals surface area contributed by atoms with Crippen LogP contribution in [0.4, 0.5) is 5.82 Å². The molecule has 1 heterocycles. The zero-order valence-corrected chi connectivity index (χ0v) is 12.5. The molecule has 1 N–H and O–H groups in total. The summed E-state index contributed by atoms with van der Waals surface area (Å²) in [4.78, 5) is 8.02. The third-order valence-electron chi connectivity index (χ3n) is 2.50. The molecule has 102 valence electrons. The van der Waals surface area contributed by atoms with E-state index in [2.05, 4.69) is 31.2 Å². The molecule has 0 fully saturated rings. The van der Waals surface area contributed by atoms with Crippen LogP contribution in [0.2, 0.25) is 0 Å². The predicted molar refractivity (Wildman–Crippen MR) is 79.5 cm³/mol. The second-order valence-corrected chi connectivity index (χ2v) is 4.99. The lowest BCUT2D eigenvalue weighted by Gasteiger charge is -2.16. The van der Waals surface area contributed by atoms with Crippen LogP contribution in [0.25, 0.3) is 0 Å². The molecular weight excluding hydrogens is 320 g/mol. The van der Waals surface area contributed by atoms with Crippen molar-refractivity contribution in [3.8, 4) is 11.8 Å². The molecular formula is C14H13BrN4O. The number of aromatic nitrogens is 2. The molecule has 0 amide bonds. The lowest BCUT2D eigenvalue weighted by Crippen LogP contribution is -2.23. The SMILES string of the molecule is CC(CNc1cnc(C#N)cn1)Oc1ccccc1Br. The molecule has 20 heavy (non-hydrogen) atoms. The van der Waals surface area contributed by atoms with E-state index >= 15 is 0 Å². The zero-order valence-electron chi connectivity index (χ0n) is 10.9. The molecule has 1 atom stereocenters. The molecule has 2 aromatic rings.